The molecule has 82 valence electrons. The summed E-state index contributed by atoms with van der Waals surface area (Å²) in [7, 11) is 1.79. The van der Waals surface area contributed by atoms with E-state index in [0.29, 0.717) is 18.7 Å². The summed E-state index contributed by atoms with van der Waals surface area (Å²) < 4.78 is 6.68. The van der Waals surface area contributed by atoms with Crippen LogP contribution >= 0.6 is 0 Å². The van der Waals surface area contributed by atoms with E-state index in [0.717, 1.165) is 11.3 Å². The highest BCUT2D eigenvalue weighted by atomic mass is 16.5. The fraction of sp³-hybridized carbons (Fsp3) is 0.455. The Balaban J connectivity index is 2.50. The minimum absolute atomic E-state index is 0.358. The van der Waals surface area contributed by atoms with E-state index in [1.165, 1.54) is 0 Å². The highest BCUT2D eigenvalue weighted by Gasteiger charge is 2.11. The number of hydrogen-bond acceptors (Lipinski definition) is 3. The second-order valence-electron chi connectivity index (χ2n) is 3.64. The lowest BCUT2D eigenvalue weighted by Crippen LogP contribution is -2.08. The van der Waals surface area contributed by atoms with Crippen molar-refractivity contribution in [3.8, 4) is 0 Å². The van der Waals surface area contributed by atoms with Crippen LogP contribution in [-0.4, -0.2) is 22.4 Å². The monoisotopic (exact) mass is 208 g/mol. The maximum Gasteiger partial charge on any atom is 0.358 e. The predicted molar refractivity (Wildman–Crippen MR) is 57.7 cm³/mol. The molecule has 0 aliphatic rings. The molecule has 1 heterocycles. The molecule has 0 aliphatic heterocycles. The summed E-state index contributed by atoms with van der Waals surface area (Å²) >= 11 is 0. The molecule has 0 bridgehead atoms. The van der Waals surface area contributed by atoms with E-state index in [-0.39, 0.29) is 5.97 Å². The molecule has 4 heteroatoms. The Morgan fingerprint density at radius 3 is 2.80 bits per heavy atom. The molecule has 0 amide bonds. The molecule has 1 rings (SSSR count). The highest BCUT2D eigenvalue weighted by molar-refractivity contribution is 5.87. The molecule has 0 radical (unpaired) electrons. The Hall–Kier alpha value is -1.58. The maximum absolute atomic E-state index is 11.5. The number of rotatable bonds is 4. The molecule has 15 heavy (non-hydrogen) atoms. The molecule has 0 aromatic carbocycles. The molecule has 0 aliphatic carbocycles. The first kappa shape index (κ1) is 11.5. The van der Waals surface area contributed by atoms with Crippen LogP contribution in [0.2, 0.25) is 0 Å². The van der Waals surface area contributed by atoms with Gasteiger partial charge in [0, 0.05) is 19.2 Å². The van der Waals surface area contributed by atoms with Crippen LogP contribution in [0.4, 0.5) is 0 Å². The second-order valence-corrected chi connectivity index (χ2v) is 3.64. The summed E-state index contributed by atoms with van der Waals surface area (Å²) in [4.78, 5) is 11.5. The van der Waals surface area contributed by atoms with E-state index in [1.807, 2.05) is 13.8 Å². The fourth-order valence-electron chi connectivity index (χ4n) is 1.05. The molecule has 0 unspecified atom stereocenters. The van der Waals surface area contributed by atoms with Crippen molar-refractivity contribution in [2.45, 2.75) is 20.3 Å². The van der Waals surface area contributed by atoms with Gasteiger partial charge in [0.1, 0.15) is 0 Å². The smallest absolute Gasteiger partial charge is 0.358 e. The first-order chi connectivity index (χ1) is 7.00. The van der Waals surface area contributed by atoms with Crippen molar-refractivity contribution in [3.05, 3.63) is 29.6 Å². The van der Waals surface area contributed by atoms with E-state index < -0.39 is 0 Å². The van der Waals surface area contributed by atoms with Crippen molar-refractivity contribution in [2.24, 2.45) is 7.05 Å². The van der Waals surface area contributed by atoms with Crippen molar-refractivity contribution >= 4 is 5.97 Å². The first-order valence-electron chi connectivity index (χ1n) is 4.83. The molecule has 4 nitrogen and oxygen atoms in total. The number of aryl methyl sites for hydroxylation is 2. The van der Waals surface area contributed by atoms with Gasteiger partial charge in [-0.3, -0.25) is 4.68 Å². The molecule has 0 fully saturated rings. The average molecular weight is 208 g/mol. The van der Waals surface area contributed by atoms with Crippen LogP contribution in [0.15, 0.2) is 18.2 Å². The Morgan fingerprint density at radius 1 is 1.67 bits per heavy atom. The Bertz CT molecular complexity index is 360. The van der Waals surface area contributed by atoms with Crippen molar-refractivity contribution in [1.29, 1.82) is 0 Å². The third-order valence-corrected chi connectivity index (χ3v) is 2.08. The molecule has 1 aromatic heterocycles. The van der Waals surface area contributed by atoms with Crippen molar-refractivity contribution in [1.82, 2.24) is 9.78 Å². The van der Waals surface area contributed by atoms with Crippen LogP contribution in [0, 0.1) is 6.92 Å². The lowest BCUT2D eigenvalue weighted by Gasteiger charge is -2.01. The lowest BCUT2D eigenvalue weighted by molar-refractivity contribution is 0.0501. The number of ether oxygens (including phenoxy) is 1. The van der Waals surface area contributed by atoms with Crippen molar-refractivity contribution in [2.75, 3.05) is 6.61 Å². The quantitative estimate of drug-likeness (QED) is 0.560. The van der Waals surface area contributed by atoms with Crippen LogP contribution < -0.4 is 0 Å². The standard InChI is InChI=1S/C11H16N2O2/c1-8(2)5-6-15-11(14)10-7-9(3)13(4)12-10/h7H,1,5-6H2,2-4H3. The summed E-state index contributed by atoms with van der Waals surface area (Å²) in [6.07, 6.45) is 0.692. The number of aromatic nitrogens is 2. The van der Waals surface area contributed by atoms with Gasteiger partial charge in [-0.1, -0.05) is 5.57 Å². The van der Waals surface area contributed by atoms with Gasteiger partial charge in [-0.25, -0.2) is 4.79 Å². The number of esters is 1. The van der Waals surface area contributed by atoms with Gasteiger partial charge in [-0.2, -0.15) is 5.10 Å². The molecule has 1 aromatic rings. The molecule has 0 N–H and O–H groups in total. The van der Waals surface area contributed by atoms with Crippen LogP contribution in [-0.2, 0) is 11.8 Å². The van der Waals surface area contributed by atoms with E-state index in [1.54, 1.807) is 17.8 Å². The number of carbonyl (C=O) groups is 1. The molecule has 0 saturated carbocycles. The van der Waals surface area contributed by atoms with E-state index in [9.17, 15) is 4.79 Å². The van der Waals surface area contributed by atoms with Crippen molar-refractivity contribution < 1.29 is 9.53 Å². The van der Waals surface area contributed by atoms with Gasteiger partial charge in [0.25, 0.3) is 0 Å². The summed E-state index contributed by atoms with van der Waals surface area (Å²) in [5, 5.41) is 4.03. The maximum atomic E-state index is 11.5. The molecule has 0 saturated heterocycles. The zero-order valence-corrected chi connectivity index (χ0v) is 9.41. The van der Waals surface area contributed by atoms with E-state index in [4.69, 9.17) is 4.74 Å². The third-order valence-electron chi connectivity index (χ3n) is 2.08. The number of carbonyl (C=O) groups excluding carboxylic acids is 1. The first-order valence-corrected chi connectivity index (χ1v) is 4.83. The van der Waals surface area contributed by atoms with E-state index in [2.05, 4.69) is 11.7 Å². The summed E-state index contributed by atoms with van der Waals surface area (Å²) in [5.41, 5.74) is 2.29. The van der Waals surface area contributed by atoms with Crippen LogP contribution in [0.1, 0.15) is 29.5 Å². The van der Waals surface area contributed by atoms with Gasteiger partial charge < -0.3 is 4.74 Å². The van der Waals surface area contributed by atoms with E-state index >= 15 is 0 Å². The zero-order chi connectivity index (χ0) is 11.4. The lowest BCUT2D eigenvalue weighted by atomic mass is 10.3. The molecule has 0 spiro atoms. The molecular formula is C11H16N2O2. The normalized spacial score (nSPS) is 10.1. The second kappa shape index (κ2) is 4.77. The summed E-state index contributed by atoms with van der Waals surface area (Å²) in [6.45, 7) is 7.88. The van der Waals surface area contributed by atoms with Gasteiger partial charge >= 0.3 is 5.97 Å². The topological polar surface area (TPSA) is 44.1 Å². The van der Waals surface area contributed by atoms with Crippen LogP contribution in [0.25, 0.3) is 0 Å². The van der Waals surface area contributed by atoms with Gasteiger partial charge in [0.05, 0.1) is 6.61 Å². The number of hydrogen-bond donors (Lipinski definition) is 0. The Morgan fingerprint density at radius 2 is 2.33 bits per heavy atom. The average Bonchev–Trinajstić information content (AvgIpc) is 2.46. The summed E-state index contributed by atoms with van der Waals surface area (Å²) in [6, 6.07) is 1.71. The molecule has 0 atom stereocenters. The largest absolute Gasteiger partial charge is 0.461 e. The van der Waals surface area contributed by atoms with Crippen molar-refractivity contribution in [3.63, 3.8) is 0 Å². The van der Waals surface area contributed by atoms with Gasteiger partial charge in [-0.05, 0) is 19.9 Å². The predicted octanol–water partition coefficient (Wildman–Crippen LogP) is 1.85. The zero-order valence-electron chi connectivity index (χ0n) is 9.41. The highest BCUT2D eigenvalue weighted by Crippen LogP contribution is 2.04. The molecular weight excluding hydrogens is 192 g/mol. The third kappa shape index (κ3) is 3.23. The number of nitrogens with zero attached hydrogens (tertiary/aromatic N) is 2. The SMILES string of the molecule is C=C(C)CCOC(=O)c1cc(C)n(C)n1. The van der Waals surface area contributed by atoms with Gasteiger partial charge in [-0.15, -0.1) is 6.58 Å². The minimum Gasteiger partial charge on any atom is -0.461 e. The van der Waals surface area contributed by atoms with Gasteiger partial charge in [0.2, 0.25) is 0 Å². The van der Waals surface area contributed by atoms with Crippen LogP contribution in [0.5, 0.6) is 0 Å². The minimum atomic E-state index is -0.375. The Kier molecular flexibility index (Phi) is 3.66. The van der Waals surface area contributed by atoms with Crippen LogP contribution in [0.3, 0.4) is 0 Å². The fourth-order valence-corrected chi connectivity index (χ4v) is 1.05. The van der Waals surface area contributed by atoms with Gasteiger partial charge in [0.15, 0.2) is 5.69 Å². The summed E-state index contributed by atoms with van der Waals surface area (Å²) in [5.74, 6) is -0.375. The Labute approximate surface area is 89.5 Å².